The lowest BCUT2D eigenvalue weighted by atomic mass is 10.1. The summed E-state index contributed by atoms with van der Waals surface area (Å²) in [7, 11) is 0. The summed E-state index contributed by atoms with van der Waals surface area (Å²) in [6, 6.07) is 12.0. The van der Waals surface area contributed by atoms with Crippen LogP contribution in [-0.2, 0) is 4.79 Å². The maximum Gasteiger partial charge on any atom is 0.266 e. The van der Waals surface area contributed by atoms with Gasteiger partial charge in [0.05, 0.1) is 23.8 Å². The Labute approximate surface area is 187 Å². The van der Waals surface area contributed by atoms with Crippen molar-refractivity contribution in [3.63, 3.8) is 0 Å². The van der Waals surface area contributed by atoms with Crippen LogP contribution in [0.15, 0.2) is 40.4 Å². The van der Waals surface area contributed by atoms with E-state index in [1.165, 1.54) is 6.08 Å². The van der Waals surface area contributed by atoms with Gasteiger partial charge in [0.25, 0.3) is 5.91 Å². The lowest BCUT2D eigenvalue weighted by molar-refractivity contribution is -0.112. The van der Waals surface area contributed by atoms with Crippen LogP contribution in [0.25, 0.3) is 6.08 Å². The molecule has 0 spiro atoms. The first kappa shape index (κ1) is 21.5. The number of ether oxygens (including phenoxy) is 1. The quantitative estimate of drug-likeness (QED) is 0.277. The molecule has 0 radical (unpaired) electrons. The van der Waals surface area contributed by atoms with Gasteiger partial charge < -0.3 is 10.1 Å². The Morgan fingerprint density at radius 3 is 2.70 bits per heavy atom. The van der Waals surface area contributed by atoms with Gasteiger partial charge in [0.15, 0.2) is 6.61 Å². The second-order valence-electron chi connectivity index (χ2n) is 4.99. The van der Waals surface area contributed by atoms with Gasteiger partial charge in [0.1, 0.15) is 23.5 Å². The first-order chi connectivity index (χ1) is 12.9. The maximum absolute atomic E-state index is 12.4. The van der Waals surface area contributed by atoms with Crippen molar-refractivity contribution in [2.45, 2.75) is 0 Å². The Morgan fingerprint density at radius 1 is 1.33 bits per heavy atom. The molecular weight excluding hydrogens is 568 g/mol. The molecule has 0 aliphatic carbocycles. The van der Waals surface area contributed by atoms with Crippen LogP contribution in [0.3, 0.4) is 0 Å². The second-order valence-corrected chi connectivity index (χ2v) is 7.79. The lowest BCUT2D eigenvalue weighted by Gasteiger charge is -2.09. The van der Waals surface area contributed by atoms with Crippen LogP contribution in [0.5, 0.6) is 5.75 Å². The van der Waals surface area contributed by atoms with Crippen molar-refractivity contribution in [3.8, 4) is 17.9 Å². The number of rotatable bonds is 5. The Hall–Kier alpha value is -1.78. The number of nitrogens with one attached hydrogen (secondary N) is 1. The molecule has 27 heavy (non-hydrogen) atoms. The summed E-state index contributed by atoms with van der Waals surface area (Å²) in [5, 5.41) is 21.1. The first-order valence-electron chi connectivity index (χ1n) is 7.23. The van der Waals surface area contributed by atoms with E-state index in [4.69, 9.17) is 33.2 Å². The molecule has 0 fully saturated rings. The molecule has 0 unspecified atom stereocenters. The fourth-order valence-corrected chi connectivity index (χ4v) is 4.13. The van der Waals surface area contributed by atoms with Crippen molar-refractivity contribution in [2.24, 2.45) is 0 Å². The van der Waals surface area contributed by atoms with Crippen molar-refractivity contribution in [2.75, 3.05) is 11.9 Å². The molecule has 0 saturated carbocycles. The van der Waals surface area contributed by atoms with Crippen LogP contribution in [-0.4, -0.2) is 12.5 Å². The summed E-state index contributed by atoms with van der Waals surface area (Å²) < 4.78 is 6.67. The Kier molecular flexibility index (Phi) is 7.93. The lowest BCUT2D eigenvalue weighted by Crippen LogP contribution is -2.13. The van der Waals surface area contributed by atoms with E-state index in [1.807, 2.05) is 34.7 Å². The molecule has 2 aromatic carbocycles. The smallest absolute Gasteiger partial charge is 0.266 e. The van der Waals surface area contributed by atoms with Crippen LogP contribution in [0.4, 0.5) is 5.69 Å². The number of nitriles is 2. The molecule has 0 bridgehead atoms. The Morgan fingerprint density at radius 2 is 2.07 bits per heavy atom. The SMILES string of the molecule is N#CCOc1c(Br)cc(/C=C(/C#N)C(=O)Nc2cccc(Cl)c2Cl)cc1I. The molecule has 1 amide bonds. The van der Waals surface area contributed by atoms with Gasteiger partial charge in [-0.25, -0.2) is 0 Å². The topological polar surface area (TPSA) is 85.9 Å². The van der Waals surface area contributed by atoms with Gasteiger partial charge in [-0.15, -0.1) is 0 Å². The third-order valence-corrected chi connectivity index (χ3v) is 5.39. The predicted molar refractivity (Wildman–Crippen MR) is 117 cm³/mol. The highest BCUT2D eigenvalue weighted by Gasteiger charge is 2.14. The van der Waals surface area contributed by atoms with Crippen LogP contribution >= 0.6 is 61.7 Å². The number of hydrogen-bond donors (Lipinski definition) is 1. The minimum Gasteiger partial charge on any atom is -0.476 e. The summed E-state index contributed by atoms with van der Waals surface area (Å²) in [6.07, 6.45) is 1.44. The van der Waals surface area contributed by atoms with Crippen molar-refractivity contribution >= 4 is 79.4 Å². The minimum absolute atomic E-state index is 0.0873. The van der Waals surface area contributed by atoms with E-state index in [-0.39, 0.29) is 17.2 Å². The monoisotopic (exact) mass is 575 g/mol. The minimum atomic E-state index is -0.613. The maximum atomic E-state index is 12.4. The zero-order valence-electron chi connectivity index (χ0n) is 13.4. The molecule has 0 saturated heterocycles. The standard InChI is InChI=1S/C18H9BrCl2IN3O2/c19-12-7-10(8-14(22)17(12)27-5-4-23)6-11(9-24)18(26)25-15-3-1-2-13(20)16(15)21/h1-3,6-8H,5H2,(H,25,26)/b11-6-. The van der Waals surface area contributed by atoms with Gasteiger partial charge >= 0.3 is 0 Å². The summed E-state index contributed by atoms with van der Waals surface area (Å²) in [5.41, 5.74) is 0.810. The van der Waals surface area contributed by atoms with Crippen molar-refractivity contribution in [3.05, 3.63) is 59.6 Å². The van der Waals surface area contributed by atoms with Crippen molar-refractivity contribution in [1.29, 1.82) is 10.5 Å². The molecule has 0 atom stereocenters. The van der Waals surface area contributed by atoms with E-state index >= 15 is 0 Å². The van der Waals surface area contributed by atoms with Gasteiger partial charge in [0.2, 0.25) is 0 Å². The summed E-state index contributed by atoms with van der Waals surface area (Å²) >= 11 is 17.4. The molecule has 0 aliphatic rings. The highest BCUT2D eigenvalue weighted by atomic mass is 127. The van der Waals surface area contributed by atoms with Crippen LogP contribution in [0.1, 0.15) is 5.56 Å². The number of amides is 1. The molecule has 0 aliphatic heterocycles. The van der Waals surface area contributed by atoms with Gasteiger partial charge in [-0.1, -0.05) is 29.3 Å². The zero-order chi connectivity index (χ0) is 20.0. The van der Waals surface area contributed by atoms with Crippen LogP contribution < -0.4 is 10.1 Å². The average molecular weight is 577 g/mol. The fraction of sp³-hybridized carbons (Fsp3) is 0.0556. The number of benzene rings is 2. The van der Waals surface area contributed by atoms with Crippen molar-refractivity contribution in [1.82, 2.24) is 0 Å². The number of halogens is 4. The average Bonchev–Trinajstić information content (AvgIpc) is 2.62. The second kappa shape index (κ2) is 9.95. The first-order valence-corrected chi connectivity index (χ1v) is 9.86. The highest BCUT2D eigenvalue weighted by molar-refractivity contribution is 14.1. The normalized spacial score (nSPS) is 10.7. The highest BCUT2D eigenvalue weighted by Crippen LogP contribution is 2.33. The van der Waals surface area contributed by atoms with Gasteiger partial charge in [0, 0.05) is 0 Å². The third-order valence-electron chi connectivity index (χ3n) is 3.18. The summed E-state index contributed by atoms with van der Waals surface area (Å²) in [5.74, 6) is -0.0967. The zero-order valence-corrected chi connectivity index (χ0v) is 18.6. The van der Waals surface area contributed by atoms with Gasteiger partial charge in [-0.3, -0.25) is 4.79 Å². The predicted octanol–water partition coefficient (Wildman–Crippen LogP) is 5.81. The molecule has 9 heteroatoms. The molecule has 1 N–H and O–H groups in total. The third kappa shape index (κ3) is 5.60. The van der Waals surface area contributed by atoms with E-state index in [0.29, 0.717) is 26.5 Å². The van der Waals surface area contributed by atoms with Gasteiger partial charge in [-0.05, 0) is 74.4 Å². The van der Waals surface area contributed by atoms with E-state index in [9.17, 15) is 10.1 Å². The number of carbonyl (C=O) groups excluding carboxylic acids is 1. The Balaban J connectivity index is 2.30. The molecular formula is C18H9BrCl2IN3O2. The van der Waals surface area contributed by atoms with E-state index in [0.717, 1.165) is 3.57 Å². The van der Waals surface area contributed by atoms with Crippen LogP contribution in [0, 0.1) is 26.2 Å². The fourth-order valence-electron chi connectivity index (χ4n) is 2.01. The molecule has 136 valence electrons. The molecule has 0 heterocycles. The Bertz CT molecular complexity index is 990. The van der Waals surface area contributed by atoms with Gasteiger partial charge in [-0.2, -0.15) is 10.5 Å². The van der Waals surface area contributed by atoms with E-state index in [2.05, 4.69) is 21.2 Å². The van der Waals surface area contributed by atoms with E-state index < -0.39 is 5.91 Å². The van der Waals surface area contributed by atoms with E-state index in [1.54, 1.807) is 30.3 Å². The van der Waals surface area contributed by atoms with Crippen molar-refractivity contribution < 1.29 is 9.53 Å². The molecule has 2 aromatic rings. The molecule has 5 nitrogen and oxygen atoms in total. The molecule has 0 aromatic heterocycles. The number of anilines is 1. The summed E-state index contributed by atoms with van der Waals surface area (Å²) in [6.45, 7) is -0.0873. The summed E-state index contributed by atoms with van der Waals surface area (Å²) in [4.78, 5) is 12.4. The van der Waals surface area contributed by atoms with Crippen LogP contribution in [0.2, 0.25) is 10.0 Å². The number of nitrogens with zero attached hydrogens (tertiary/aromatic N) is 2. The number of hydrogen-bond acceptors (Lipinski definition) is 4. The number of carbonyl (C=O) groups is 1. The molecule has 2 rings (SSSR count). The largest absolute Gasteiger partial charge is 0.476 e.